The van der Waals surface area contributed by atoms with Crippen molar-refractivity contribution in [3.8, 4) is 11.5 Å². The van der Waals surface area contributed by atoms with Gasteiger partial charge in [-0.1, -0.05) is 37.7 Å². The molecule has 1 nitrogen and oxygen atoms in total. The summed E-state index contributed by atoms with van der Waals surface area (Å²) in [4.78, 5) is 0. The Bertz CT molecular complexity index is 540. The number of rotatable bonds is 2. The lowest BCUT2D eigenvalue weighted by Gasteiger charge is -2.08. The van der Waals surface area contributed by atoms with Crippen LogP contribution < -0.4 is 0 Å². The summed E-state index contributed by atoms with van der Waals surface area (Å²) in [7, 11) is -1.59. The number of halogens is 3. The normalized spacial score (nSPS) is 12.8. The largest absolute Gasteiger partial charge is 0.416 e. The van der Waals surface area contributed by atoms with E-state index < -0.39 is 19.8 Å². The lowest BCUT2D eigenvalue weighted by molar-refractivity contribution is -0.137. The standard InChI is InChI=1S/C15H17F3OSi/c1-20(2,3)11-9-13(8-10-19)12-4-6-14(7-5-12)15(16,17)18/h4-8,19H,10H2,1-3H3/b13-8-. The van der Waals surface area contributed by atoms with E-state index in [4.69, 9.17) is 5.11 Å². The number of aliphatic hydroxyl groups is 1. The molecule has 0 spiro atoms. The monoisotopic (exact) mass is 298 g/mol. The highest BCUT2D eigenvalue weighted by Gasteiger charge is 2.29. The number of benzene rings is 1. The van der Waals surface area contributed by atoms with E-state index in [2.05, 4.69) is 31.1 Å². The van der Waals surface area contributed by atoms with E-state index in [1.165, 1.54) is 18.2 Å². The second kappa shape index (κ2) is 6.29. The highest BCUT2D eigenvalue weighted by Crippen LogP contribution is 2.30. The maximum atomic E-state index is 12.5. The molecule has 0 radical (unpaired) electrons. The van der Waals surface area contributed by atoms with Crippen molar-refractivity contribution in [1.82, 2.24) is 0 Å². The lowest BCUT2D eigenvalue weighted by Crippen LogP contribution is -2.16. The molecule has 0 saturated heterocycles. The third kappa shape index (κ3) is 5.23. The molecule has 1 rings (SSSR count). The molecule has 0 aliphatic heterocycles. The fourth-order valence-corrected chi connectivity index (χ4v) is 1.94. The van der Waals surface area contributed by atoms with Crippen LogP contribution in [0.1, 0.15) is 11.1 Å². The van der Waals surface area contributed by atoms with Gasteiger partial charge in [-0.3, -0.25) is 0 Å². The van der Waals surface area contributed by atoms with Crippen molar-refractivity contribution in [2.75, 3.05) is 6.61 Å². The van der Waals surface area contributed by atoms with Gasteiger partial charge >= 0.3 is 6.18 Å². The maximum absolute atomic E-state index is 12.5. The summed E-state index contributed by atoms with van der Waals surface area (Å²) in [6.45, 7) is 6.02. The minimum absolute atomic E-state index is 0.198. The fraction of sp³-hybridized carbons (Fsp3) is 0.333. The van der Waals surface area contributed by atoms with Crippen molar-refractivity contribution in [1.29, 1.82) is 0 Å². The van der Waals surface area contributed by atoms with Crippen molar-refractivity contribution in [2.45, 2.75) is 25.8 Å². The van der Waals surface area contributed by atoms with Crippen LogP contribution in [-0.4, -0.2) is 19.8 Å². The summed E-state index contributed by atoms with van der Waals surface area (Å²) in [5.74, 6) is 2.97. The van der Waals surface area contributed by atoms with Gasteiger partial charge in [-0.05, 0) is 23.8 Å². The van der Waals surface area contributed by atoms with Gasteiger partial charge in [0.1, 0.15) is 8.07 Å². The highest BCUT2D eigenvalue weighted by atomic mass is 28.3. The Labute approximate surface area is 118 Å². The van der Waals surface area contributed by atoms with Gasteiger partial charge < -0.3 is 5.11 Å². The molecule has 20 heavy (non-hydrogen) atoms. The van der Waals surface area contributed by atoms with Crippen LogP contribution in [0, 0.1) is 11.5 Å². The van der Waals surface area contributed by atoms with Gasteiger partial charge in [-0.25, -0.2) is 0 Å². The smallest absolute Gasteiger partial charge is 0.392 e. The number of hydrogen-bond donors (Lipinski definition) is 1. The first kappa shape index (κ1) is 16.5. The van der Waals surface area contributed by atoms with Gasteiger partial charge in [0.05, 0.1) is 12.2 Å². The second-order valence-electron chi connectivity index (χ2n) is 5.38. The molecule has 1 N–H and O–H groups in total. The van der Waals surface area contributed by atoms with Crippen LogP contribution in [0.15, 0.2) is 30.3 Å². The van der Waals surface area contributed by atoms with E-state index in [9.17, 15) is 13.2 Å². The van der Waals surface area contributed by atoms with Gasteiger partial charge in [0.15, 0.2) is 0 Å². The zero-order valence-corrected chi connectivity index (χ0v) is 12.7. The van der Waals surface area contributed by atoms with Crippen molar-refractivity contribution in [3.05, 3.63) is 41.5 Å². The summed E-state index contributed by atoms with van der Waals surface area (Å²) in [5, 5.41) is 9.00. The van der Waals surface area contributed by atoms with Crippen LogP contribution in [0.25, 0.3) is 5.57 Å². The second-order valence-corrected chi connectivity index (χ2v) is 10.1. The van der Waals surface area contributed by atoms with E-state index in [0.29, 0.717) is 11.1 Å². The SMILES string of the molecule is C[Si](C)(C)C#C/C(=C/CO)c1ccc(C(F)(F)F)cc1. The molecule has 0 bridgehead atoms. The minimum atomic E-state index is -4.34. The van der Waals surface area contributed by atoms with Crippen LogP contribution >= 0.6 is 0 Å². The van der Waals surface area contributed by atoms with Crippen molar-refractivity contribution >= 4 is 13.6 Å². The van der Waals surface area contributed by atoms with Crippen molar-refractivity contribution in [3.63, 3.8) is 0 Å². The van der Waals surface area contributed by atoms with Gasteiger partial charge in [0, 0.05) is 5.57 Å². The summed E-state index contributed by atoms with van der Waals surface area (Å²) >= 11 is 0. The van der Waals surface area contributed by atoms with E-state index in [1.807, 2.05) is 0 Å². The zero-order valence-electron chi connectivity index (χ0n) is 11.7. The molecule has 1 aromatic rings. The fourth-order valence-electron chi connectivity index (χ4n) is 1.43. The van der Waals surface area contributed by atoms with Crippen molar-refractivity contribution in [2.24, 2.45) is 0 Å². The molecule has 108 valence electrons. The summed E-state index contributed by atoms with van der Waals surface area (Å²) in [6, 6.07) is 4.81. The Kier molecular flexibility index (Phi) is 5.20. The van der Waals surface area contributed by atoms with Gasteiger partial charge in [0.25, 0.3) is 0 Å². The summed E-state index contributed by atoms with van der Waals surface area (Å²) in [5.41, 5.74) is 3.59. The van der Waals surface area contributed by atoms with Gasteiger partial charge in [0.2, 0.25) is 0 Å². The lowest BCUT2D eigenvalue weighted by atomic mass is 10.0. The number of allylic oxidation sites excluding steroid dienone is 1. The Hall–Kier alpha value is -1.51. The number of alkyl halides is 3. The molecule has 0 amide bonds. The number of hydrogen-bond acceptors (Lipinski definition) is 1. The van der Waals surface area contributed by atoms with E-state index in [0.717, 1.165) is 12.1 Å². The van der Waals surface area contributed by atoms with Gasteiger partial charge in [-0.2, -0.15) is 13.2 Å². The van der Waals surface area contributed by atoms with Crippen LogP contribution in [0.5, 0.6) is 0 Å². The third-order valence-corrected chi connectivity index (χ3v) is 3.27. The van der Waals surface area contributed by atoms with Crippen LogP contribution in [0.3, 0.4) is 0 Å². The van der Waals surface area contributed by atoms with E-state index >= 15 is 0 Å². The first-order valence-corrected chi connectivity index (χ1v) is 9.65. The first-order valence-electron chi connectivity index (χ1n) is 6.15. The molecule has 0 aliphatic rings. The molecular weight excluding hydrogens is 281 g/mol. The highest BCUT2D eigenvalue weighted by molar-refractivity contribution is 6.84. The summed E-state index contributed by atoms with van der Waals surface area (Å²) in [6.07, 6.45) is -2.83. The summed E-state index contributed by atoms with van der Waals surface area (Å²) < 4.78 is 37.5. The topological polar surface area (TPSA) is 20.2 Å². The predicted molar refractivity (Wildman–Crippen MR) is 77.6 cm³/mol. The Morgan fingerprint density at radius 3 is 2.15 bits per heavy atom. The molecule has 0 saturated carbocycles. The Balaban J connectivity index is 3.11. The average Bonchev–Trinajstić information content (AvgIpc) is 2.32. The minimum Gasteiger partial charge on any atom is -0.392 e. The Morgan fingerprint density at radius 1 is 1.20 bits per heavy atom. The van der Waals surface area contributed by atoms with Gasteiger partial charge in [-0.15, -0.1) is 5.54 Å². The molecule has 5 heteroatoms. The third-order valence-electron chi connectivity index (χ3n) is 2.39. The zero-order chi connectivity index (χ0) is 15.4. The van der Waals surface area contributed by atoms with Crippen LogP contribution in [0.2, 0.25) is 19.6 Å². The predicted octanol–water partition coefficient (Wildman–Crippen LogP) is 3.96. The molecule has 0 heterocycles. The average molecular weight is 298 g/mol. The molecule has 0 unspecified atom stereocenters. The van der Waals surface area contributed by atoms with Crippen molar-refractivity contribution < 1.29 is 18.3 Å². The molecule has 1 aromatic carbocycles. The molecule has 0 aromatic heterocycles. The first-order chi connectivity index (χ1) is 9.13. The quantitative estimate of drug-likeness (QED) is 0.647. The van der Waals surface area contributed by atoms with E-state index in [-0.39, 0.29) is 6.61 Å². The number of aliphatic hydroxyl groups excluding tert-OH is 1. The maximum Gasteiger partial charge on any atom is 0.416 e. The molecule has 0 aliphatic carbocycles. The van der Waals surface area contributed by atoms with Crippen LogP contribution in [-0.2, 0) is 6.18 Å². The van der Waals surface area contributed by atoms with E-state index in [1.54, 1.807) is 0 Å². The molecule has 0 fully saturated rings. The molecular formula is C15H17F3OSi. The van der Waals surface area contributed by atoms with Crippen LogP contribution in [0.4, 0.5) is 13.2 Å². The Morgan fingerprint density at radius 2 is 1.75 bits per heavy atom. The molecule has 0 atom stereocenters.